The summed E-state index contributed by atoms with van der Waals surface area (Å²) in [6, 6.07) is 9.57. The van der Waals surface area contributed by atoms with Gasteiger partial charge in [-0.1, -0.05) is 37.3 Å². The zero-order chi connectivity index (χ0) is 15.3. The molecule has 1 aromatic rings. The molecule has 5 heteroatoms. The van der Waals surface area contributed by atoms with E-state index in [9.17, 15) is 13.5 Å². The predicted octanol–water partition coefficient (Wildman–Crippen LogP) is 2.09. The summed E-state index contributed by atoms with van der Waals surface area (Å²) in [5.74, 6) is 0.684. The maximum absolute atomic E-state index is 12.0. The van der Waals surface area contributed by atoms with Crippen LogP contribution in [-0.4, -0.2) is 31.4 Å². The third kappa shape index (κ3) is 5.41. The van der Waals surface area contributed by atoms with Crippen LogP contribution in [0.25, 0.3) is 0 Å². The highest BCUT2D eigenvalue weighted by molar-refractivity contribution is 7.89. The fourth-order valence-corrected chi connectivity index (χ4v) is 3.83. The first-order valence-electron chi connectivity index (χ1n) is 7.62. The van der Waals surface area contributed by atoms with E-state index in [2.05, 4.69) is 11.6 Å². The number of benzene rings is 1. The van der Waals surface area contributed by atoms with E-state index < -0.39 is 15.6 Å². The van der Waals surface area contributed by atoms with Crippen LogP contribution >= 0.6 is 0 Å². The van der Waals surface area contributed by atoms with E-state index in [1.807, 2.05) is 30.3 Å². The SMILES string of the molecule is CC1CCC(O)(CNS(=O)(=O)CCc2ccccc2)CC1. The van der Waals surface area contributed by atoms with E-state index >= 15 is 0 Å². The normalized spacial score (nSPS) is 26.7. The van der Waals surface area contributed by atoms with Gasteiger partial charge in [-0.25, -0.2) is 13.1 Å². The molecule has 0 atom stereocenters. The lowest BCUT2D eigenvalue weighted by Crippen LogP contribution is -2.45. The molecule has 0 amide bonds. The molecule has 1 aliphatic rings. The minimum Gasteiger partial charge on any atom is -0.389 e. The topological polar surface area (TPSA) is 66.4 Å². The van der Waals surface area contributed by atoms with Gasteiger partial charge in [-0.3, -0.25) is 0 Å². The second-order valence-corrected chi connectivity index (χ2v) is 8.21. The molecule has 0 bridgehead atoms. The molecular weight excluding hydrogens is 286 g/mol. The smallest absolute Gasteiger partial charge is 0.212 e. The maximum Gasteiger partial charge on any atom is 0.212 e. The molecule has 0 heterocycles. The van der Waals surface area contributed by atoms with Crippen molar-refractivity contribution in [1.29, 1.82) is 0 Å². The third-order valence-electron chi connectivity index (χ3n) is 4.33. The van der Waals surface area contributed by atoms with Crippen molar-refractivity contribution in [3.8, 4) is 0 Å². The van der Waals surface area contributed by atoms with Crippen LogP contribution < -0.4 is 4.72 Å². The van der Waals surface area contributed by atoms with Crippen LogP contribution in [0.2, 0.25) is 0 Å². The average Bonchev–Trinajstić information content (AvgIpc) is 2.48. The van der Waals surface area contributed by atoms with E-state index in [1.54, 1.807) is 0 Å². The highest BCUT2D eigenvalue weighted by atomic mass is 32.2. The van der Waals surface area contributed by atoms with Gasteiger partial charge in [0.15, 0.2) is 0 Å². The van der Waals surface area contributed by atoms with Crippen molar-refractivity contribution < 1.29 is 13.5 Å². The van der Waals surface area contributed by atoms with E-state index in [0.29, 0.717) is 25.2 Å². The molecule has 4 nitrogen and oxygen atoms in total. The summed E-state index contributed by atoms with van der Waals surface area (Å²) in [6.45, 7) is 2.31. The summed E-state index contributed by atoms with van der Waals surface area (Å²) in [4.78, 5) is 0. The van der Waals surface area contributed by atoms with Crippen molar-refractivity contribution in [3.05, 3.63) is 35.9 Å². The summed E-state index contributed by atoms with van der Waals surface area (Å²) in [6.07, 6.45) is 3.76. The Morgan fingerprint density at radius 2 is 1.86 bits per heavy atom. The lowest BCUT2D eigenvalue weighted by atomic mass is 9.80. The molecule has 0 radical (unpaired) electrons. The van der Waals surface area contributed by atoms with Crippen LogP contribution in [0.1, 0.15) is 38.2 Å². The number of hydrogen-bond acceptors (Lipinski definition) is 3. The van der Waals surface area contributed by atoms with Gasteiger partial charge >= 0.3 is 0 Å². The molecule has 21 heavy (non-hydrogen) atoms. The van der Waals surface area contributed by atoms with Crippen LogP contribution in [0.4, 0.5) is 0 Å². The molecule has 0 aliphatic heterocycles. The molecule has 0 unspecified atom stereocenters. The van der Waals surface area contributed by atoms with E-state index in [1.165, 1.54) is 0 Å². The summed E-state index contributed by atoms with van der Waals surface area (Å²) in [5, 5.41) is 10.4. The largest absolute Gasteiger partial charge is 0.389 e. The van der Waals surface area contributed by atoms with Gasteiger partial charge in [0, 0.05) is 6.54 Å². The Hall–Kier alpha value is -0.910. The van der Waals surface area contributed by atoms with Crippen LogP contribution in [0.15, 0.2) is 30.3 Å². The second-order valence-electron chi connectivity index (χ2n) is 6.28. The molecule has 2 rings (SSSR count). The van der Waals surface area contributed by atoms with Gasteiger partial charge < -0.3 is 5.11 Å². The van der Waals surface area contributed by atoms with Gasteiger partial charge in [-0.2, -0.15) is 0 Å². The van der Waals surface area contributed by atoms with Crippen LogP contribution in [0, 0.1) is 5.92 Å². The Balaban J connectivity index is 1.81. The molecule has 0 spiro atoms. The molecule has 1 saturated carbocycles. The number of aryl methyl sites for hydroxylation is 1. The molecule has 1 aliphatic carbocycles. The Kier molecular flexibility index (Phi) is 5.41. The average molecular weight is 311 g/mol. The number of sulfonamides is 1. The third-order valence-corrected chi connectivity index (χ3v) is 5.65. The Morgan fingerprint density at radius 1 is 1.24 bits per heavy atom. The molecular formula is C16H25NO3S. The summed E-state index contributed by atoms with van der Waals surface area (Å²) < 4.78 is 26.6. The van der Waals surface area contributed by atoms with Gasteiger partial charge in [0.2, 0.25) is 10.0 Å². The quantitative estimate of drug-likeness (QED) is 0.845. The fourth-order valence-electron chi connectivity index (χ4n) is 2.69. The Labute approximate surface area is 127 Å². The standard InChI is InChI=1S/C16H25NO3S/c1-14-7-10-16(18,11-8-14)13-17-21(19,20)12-9-15-5-3-2-4-6-15/h2-6,14,17-18H,7-13H2,1H3. The maximum atomic E-state index is 12.0. The highest BCUT2D eigenvalue weighted by Gasteiger charge is 2.32. The summed E-state index contributed by atoms with van der Waals surface area (Å²) in [5.41, 5.74) is 0.139. The number of rotatable bonds is 6. The van der Waals surface area contributed by atoms with Gasteiger partial charge in [-0.05, 0) is 43.6 Å². The van der Waals surface area contributed by atoms with Crippen LogP contribution in [0.5, 0.6) is 0 Å². The summed E-state index contributed by atoms with van der Waals surface area (Å²) in [7, 11) is -3.34. The number of nitrogens with one attached hydrogen (secondary N) is 1. The van der Waals surface area contributed by atoms with Crippen molar-refractivity contribution in [2.75, 3.05) is 12.3 Å². The second kappa shape index (κ2) is 6.90. The van der Waals surface area contributed by atoms with E-state index in [0.717, 1.165) is 18.4 Å². The molecule has 0 saturated heterocycles. The van der Waals surface area contributed by atoms with Gasteiger partial charge in [0.05, 0.1) is 11.4 Å². The number of hydrogen-bond donors (Lipinski definition) is 2. The lowest BCUT2D eigenvalue weighted by Gasteiger charge is -2.34. The van der Waals surface area contributed by atoms with Gasteiger partial charge in [0.25, 0.3) is 0 Å². The molecule has 1 fully saturated rings. The minimum atomic E-state index is -3.34. The predicted molar refractivity (Wildman–Crippen MR) is 84.5 cm³/mol. The van der Waals surface area contributed by atoms with Crippen molar-refractivity contribution >= 4 is 10.0 Å². The van der Waals surface area contributed by atoms with Crippen molar-refractivity contribution in [2.45, 2.75) is 44.6 Å². The van der Waals surface area contributed by atoms with Crippen molar-refractivity contribution in [2.24, 2.45) is 5.92 Å². The van der Waals surface area contributed by atoms with Gasteiger partial charge in [-0.15, -0.1) is 0 Å². The summed E-state index contributed by atoms with van der Waals surface area (Å²) >= 11 is 0. The fraction of sp³-hybridized carbons (Fsp3) is 0.625. The molecule has 2 N–H and O–H groups in total. The van der Waals surface area contributed by atoms with Crippen molar-refractivity contribution in [3.63, 3.8) is 0 Å². The number of aliphatic hydroxyl groups is 1. The Morgan fingerprint density at radius 3 is 2.48 bits per heavy atom. The minimum absolute atomic E-state index is 0.0590. The lowest BCUT2D eigenvalue weighted by molar-refractivity contribution is -0.00182. The Bertz CT molecular complexity index is 534. The van der Waals surface area contributed by atoms with E-state index in [-0.39, 0.29) is 12.3 Å². The first kappa shape index (κ1) is 16.5. The molecule has 1 aromatic carbocycles. The van der Waals surface area contributed by atoms with Crippen molar-refractivity contribution in [1.82, 2.24) is 4.72 Å². The first-order valence-corrected chi connectivity index (χ1v) is 9.27. The zero-order valence-electron chi connectivity index (χ0n) is 12.6. The van der Waals surface area contributed by atoms with E-state index in [4.69, 9.17) is 0 Å². The van der Waals surface area contributed by atoms with Gasteiger partial charge in [0.1, 0.15) is 0 Å². The highest BCUT2D eigenvalue weighted by Crippen LogP contribution is 2.31. The molecule has 0 aromatic heterocycles. The molecule has 118 valence electrons. The zero-order valence-corrected chi connectivity index (χ0v) is 13.4. The van der Waals surface area contributed by atoms with Crippen LogP contribution in [0.3, 0.4) is 0 Å². The monoisotopic (exact) mass is 311 g/mol. The van der Waals surface area contributed by atoms with Crippen LogP contribution in [-0.2, 0) is 16.4 Å². The first-order chi connectivity index (χ1) is 9.89.